The second-order valence-electron chi connectivity index (χ2n) is 4.55. The molecule has 2 rings (SSSR count). The predicted octanol–water partition coefficient (Wildman–Crippen LogP) is 4.03. The van der Waals surface area contributed by atoms with E-state index in [1.807, 2.05) is 0 Å². The average molecular weight is 246 g/mol. The zero-order chi connectivity index (χ0) is 12.3. The van der Waals surface area contributed by atoms with E-state index < -0.39 is 0 Å². The highest BCUT2D eigenvalue weighted by Gasteiger charge is 2.09. The lowest BCUT2D eigenvalue weighted by Crippen LogP contribution is -2.00. The zero-order valence-corrected chi connectivity index (χ0v) is 11.1. The van der Waals surface area contributed by atoms with Crippen LogP contribution in [0.5, 0.6) is 0 Å². The highest BCUT2D eigenvalue weighted by molar-refractivity contribution is 7.09. The minimum Gasteiger partial charge on any atom is -0.388 e. The Hall–Kier alpha value is -1.12. The van der Waals surface area contributed by atoms with Crippen LogP contribution in [0.25, 0.3) is 0 Å². The highest BCUT2D eigenvalue weighted by atomic mass is 32.1. The van der Waals surface area contributed by atoms with Crippen LogP contribution >= 0.6 is 11.3 Å². The first-order chi connectivity index (χ1) is 8.15. The molecule has 1 aromatic heterocycles. The van der Waals surface area contributed by atoms with Gasteiger partial charge in [-0.05, 0) is 43.7 Å². The molecule has 0 bridgehead atoms. The molecule has 1 N–H and O–H groups in total. The van der Waals surface area contributed by atoms with Gasteiger partial charge >= 0.3 is 0 Å². The minimum absolute atomic E-state index is 0.351. The Labute approximate surface area is 107 Å². The Morgan fingerprint density at radius 3 is 2.47 bits per heavy atom. The van der Waals surface area contributed by atoms with E-state index in [-0.39, 0.29) is 6.10 Å². The van der Waals surface area contributed by atoms with Gasteiger partial charge in [-0.3, -0.25) is 0 Å². The first-order valence-corrected chi connectivity index (χ1v) is 6.82. The molecule has 0 aliphatic rings. The largest absolute Gasteiger partial charge is 0.388 e. The van der Waals surface area contributed by atoms with Crippen molar-refractivity contribution in [2.45, 2.75) is 32.8 Å². The Bertz CT molecular complexity index is 453. The third-order valence-corrected chi connectivity index (χ3v) is 3.81. The second kappa shape index (κ2) is 5.48. The second-order valence-corrected chi connectivity index (χ2v) is 5.59. The van der Waals surface area contributed by atoms with Gasteiger partial charge < -0.3 is 5.11 Å². The van der Waals surface area contributed by atoms with Crippen LogP contribution in [0, 0.1) is 13.8 Å². The Morgan fingerprint density at radius 1 is 1.18 bits per heavy atom. The molecule has 1 heterocycles. The maximum Gasteiger partial charge on any atom is 0.0793 e. The predicted molar refractivity (Wildman–Crippen MR) is 73.5 cm³/mol. The monoisotopic (exact) mass is 246 g/mol. The van der Waals surface area contributed by atoms with E-state index >= 15 is 0 Å². The lowest BCUT2D eigenvalue weighted by atomic mass is 10.00. The van der Waals surface area contributed by atoms with Crippen molar-refractivity contribution in [3.63, 3.8) is 0 Å². The quantitative estimate of drug-likeness (QED) is 0.863. The molecule has 17 heavy (non-hydrogen) atoms. The summed E-state index contributed by atoms with van der Waals surface area (Å²) in [6, 6.07) is 10.5. The van der Waals surface area contributed by atoms with Gasteiger partial charge in [0.1, 0.15) is 0 Å². The zero-order valence-electron chi connectivity index (χ0n) is 10.3. The first kappa shape index (κ1) is 12.3. The van der Waals surface area contributed by atoms with Crippen molar-refractivity contribution in [3.8, 4) is 0 Å². The summed E-state index contributed by atoms with van der Waals surface area (Å²) in [5.74, 6) is 0. The standard InChI is InChI=1S/C15H18OS/c1-11-8-12(2)10-13(9-11)15(16)6-5-14-4-3-7-17-14/h3-4,7-10,15-16H,5-6H2,1-2H3. The summed E-state index contributed by atoms with van der Waals surface area (Å²) in [4.78, 5) is 1.34. The van der Waals surface area contributed by atoms with Gasteiger partial charge in [0, 0.05) is 4.88 Å². The van der Waals surface area contributed by atoms with Gasteiger partial charge in [-0.2, -0.15) is 0 Å². The molecule has 0 amide bonds. The van der Waals surface area contributed by atoms with E-state index in [1.54, 1.807) is 11.3 Å². The topological polar surface area (TPSA) is 20.2 Å². The number of aliphatic hydroxyl groups is 1. The van der Waals surface area contributed by atoms with Gasteiger partial charge in [0.15, 0.2) is 0 Å². The van der Waals surface area contributed by atoms with Crippen molar-refractivity contribution in [1.29, 1.82) is 0 Å². The molecule has 0 aliphatic carbocycles. The van der Waals surface area contributed by atoms with Crippen molar-refractivity contribution < 1.29 is 5.11 Å². The lowest BCUT2D eigenvalue weighted by Gasteiger charge is -2.12. The van der Waals surface area contributed by atoms with E-state index in [2.05, 4.69) is 49.6 Å². The van der Waals surface area contributed by atoms with Crippen LogP contribution in [0.2, 0.25) is 0 Å². The molecule has 1 unspecified atom stereocenters. The Morgan fingerprint density at radius 2 is 1.88 bits per heavy atom. The van der Waals surface area contributed by atoms with Gasteiger partial charge in [0.2, 0.25) is 0 Å². The van der Waals surface area contributed by atoms with Gasteiger partial charge in [-0.25, -0.2) is 0 Å². The van der Waals surface area contributed by atoms with Crippen molar-refractivity contribution in [2.75, 3.05) is 0 Å². The van der Waals surface area contributed by atoms with Crippen LogP contribution in [-0.2, 0) is 6.42 Å². The molecule has 1 atom stereocenters. The van der Waals surface area contributed by atoms with Crippen molar-refractivity contribution in [1.82, 2.24) is 0 Å². The van der Waals surface area contributed by atoms with E-state index in [1.165, 1.54) is 16.0 Å². The van der Waals surface area contributed by atoms with E-state index in [0.29, 0.717) is 0 Å². The summed E-state index contributed by atoms with van der Waals surface area (Å²) >= 11 is 1.76. The molecule has 0 aliphatic heterocycles. The number of thiophene rings is 1. The number of benzene rings is 1. The Balaban J connectivity index is 2.01. The number of hydrogen-bond donors (Lipinski definition) is 1. The fourth-order valence-electron chi connectivity index (χ4n) is 2.10. The Kier molecular flexibility index (Phi) is 3.97. The maximum absolute atomic E-state index is 10.2. The fourth-order valence-corrected chi connectivity index (χ4v) is 2.83. The number of aryl methyl sites for hydroxylation is 3. The van der Waals surface area contributed by atoms with Gasteiger partial charge in [0.05, 0.1) is 6.10 Å². The fraction of sp³-hybridized carbons (Fsp3) is 0.333. The minimum atomic E-state index is -0.351. The average Bonchev–Trinajstić information content (AvgIpc) is 2.77. The molecule has 0 spiro atoms. The molecule has 0 radical (unpaired) electrons. The molecule has 0 saturated heterocycles. The molecule has 1 nitrogen and oxygen atoms in total. The molecular weight excluding hydrogens is 228 g/mol. The molecule has 2 heteroatoms. The number of aliphatic hydroxyl groups excluding tert-OH is 1. The van der Waals surface area contributed by atoms with Crippen LogP contribution in [-0.4, -0.2) is 5.11 Å². The lowest BCUT2D eigenvalue weighted by molar-refractivity contribution is 0.168. The number of rotatable bonds is 4. The SMILES string of the molecule is Cc1cc(C)cc(C(O)CCc2cccs2)c1. The molecule has 0 fully saturated rings. The van der Waals surface area contributed by atoms with E-state index in [9.17, 15) is 5.11 Å². The highest BCUT2D eigenvalue weighted by Crippen LogP contribution is 2.22. The van der Waals surface area contributed by atoms with Crippen LogP contribution < -0.4 is 0 Å². The third kappa shape index (κ3) is 3.42. The molecular formula is C15H18OS. The van der Waals surface area contributed by atoms with E-state index in [4.69, 9.17) is 0 Å². The summed E-state index contributed by atoms with van der Waals surface area (Å²) in [6.07, 6.45) is 1.39. The van der Waals surface area contributed by atoms with Gasteiger partial charge in [-0.1, -0.05) is 35.4 Å². The summed E-state index contributed by atoms with van der Waals surface area (Å²) in [5.41, 5.74) is 3.48. The molecule has 2 aromatic rings. The summed E-state index contributed by atoms with van der Waals surface area (Å²) in [7, 11) is 0. The third-order valence-electron chi connectivity index (χ3n) is 2.87. The van der Waals surface area contributed by atoms with Gasteiger partial charge in [0.25, 0.3) is 0 Å². The van der Waals surface area contributed by atoms with Crippen molar-refractivity contribution in [2.24, 2.45) is 0 Å². The van der Waals surface area contributed by atoms with Crippen molar-refractivity contribution in [3.05, 3.63) is 57.3 Å². The van der Waals surface area contributed by atoms with Crippen LogP contribution in [0.1, 0.15) is 34.1 Å². The molecule has 1 aromatic carbocycles. The smallest absolute Gasteiger partial charge is 0.0793 e. The van der Waals surface area contributed by atoms with Crippen LogP contribution in [0.4, 0.5) is 0 Å². The van der Waals surface area contributed by atoms with Crippen LogP contribution in [0.15, 0.2) is 35.7 Å². The van der Waals surface area contributed by atoms with Crippen molar-refractivity contribution >= 4 is 11.3 Å². The summed E-state index contributed by atoms with van der Waals surface area (Å²) < 4.78 is 0. The van der Waals surface area contributed by atoms with Crippen LogP contribution in [0.3, 0.4) is 0 Å². The number of hydrogen-bond acceptors (Lipinski definition) is 2. The normalized spacial score (nSPS) is 12.6. The van der Waals surface area contributed by atoms with E-state index in [0.717, 1.165) is 18.4 Å². The first-order valence-electron chi connectivity index (χ1n) is 5.94. The maximum atomic E-state index is 10.2. The molecule has 90 valence electrons. The summed E-state index contributed by atoms with van der Waals surface area (Å²) in [5, 5.41) is 12.3. The van der Waals surface area contributed by atoms with Gasteiger partial charge in [-0.15, -0.1) is 11.3 Å². The molecule has 0 saturated carbocycles. The summed E-state index contributed by atoms with van der Waals surface area (Å²) in [6.45, 7) is 4.14.